The highest BCUT2D eigenvalue weighted by Gasteiger charge is 2.05. The van der Waals surface area contributed by atoms with Crippen LogP contribution in [0.3, 0.4) is 0 Å². The summed E-state index contributed by atoms with van der Waals surface area (Å²) >= 11 is 11.3. The highest BCUT2D eigenvalue weighted by molar-refractivity contribution is 6.91. The lowest BCUT2D eigenvalue weighted by atomic mass is 10.1. The first-order chi connectivity index (χ1) is 15.2. The molecule has 15 heteroatoms. The number of halogens is 2. The van der Waals surface area contributed by atoms with E-state index >= 15 is 0 Å². The lowest BCUT2D eigenvalue weighted by Crippen LogP contribution is -2.22. The first-order valence-corrected chi connectivity index (χ1v) is 22.9. The summed E-state index contributed by atoms with van der Waals surface area (Å²) in [6.45, 7) is 6.02. The van der Waals surface area contributed by atoms with Crippen LogP contribution in [0.4, 0.5) is 0 Å². The van der Waals surface area contributed by atoms with Crippen LogP contribution in [0.15, 0.2) is 11.6 Å². The van der Waals surface area contributed by atoms with Crippen molar-refractivity contribution in [1.29, 1.82) is 0 Å². The largest absolute Gasteiger partial charge is 0.443 e. The molecule has 0 fully saturated rings. The lowest BCUT2D eigenvalue weighted by molar-refractivity contribution is 0.377. The molecule has 186 valence electrons. The van der Waals surface area contributed by atoms with Crippen LogP contribution in [-0.2, 0) is 24.7 Å². The number of allylic oxidation sites excluding steroid dienone is 1. The molecule has 0 radical (unpaired) electrons. The molecule has 0 aliphatic heterocycles. The third-order valence-electron chi connectivity index (χ3n) is 4.74. The molecule has 31 heavy (non-hydrogen) atoms. The Hall–Kier alpha value is 1.60. The van der Waals surface area contributed by atoms with Gasteiger partial charge in [-0.15, -0.1) is 11.1 Å². The van der Waals surface area contributed by atoms with Gasteiger partial charge in [-0.25, -0.2) is 0 Å². The Morgan fingerprint density at radius 3 is 1.58 bits per heavy atom. The SMILES string of the molecule is C=C(Cl)CCCCCCCCCCCCC[SiH](C)O[SiH2]O[SiH2]O[SiH2]O[SiH2]O[SiH2]O[SiH2]Cl. The maximum atomic E-state index is 5.96. The average molecular weight is 600 g/mol. The smallest absolute Gasteiger partial charge is 0.286 e. The first-order valence-electron chi connectivity index (χ1n) is 11.6. The molecule has 0 aromatic carbocycles. The van der Waals surface area contributed by atoms with Crippen LogP contribution in [0.1, 0.15) is 77.0 Å². The quantitative estimate of drug-likeness (QED) is 0.0844. The van der Waals surface area contributed by atoms with E-state index in [1.165, 1.54) is 76.7 Å². The molecule has 1 atom stereocenters. The van der Waals surface area contributed by atoms with Crippen LogP contribution in [-0.4, -0.2) is 68.1 Å². The number of unbranched alkanes of at least 4 members (excludes halogenated alkanes) is 10. The fraction of sp³-hybridized carbons (Fsp3) is 0.875. The van der Waals surface area contributed by atoms with Gasteiger partial charge in [-0.3, -0.25) is 0 Å². The average Bonchev–Trinajstić information content (AvgIpc) is 2.75. The van der Waals surface area contributed by atoms with Crippen molar-refractivity contribution in [3.63, 3.8) is 0 Å². The molecular formula is C16H44Cl2O6Si7. The summed E-state index contributed by atoms with van der Waals surface area (Å²) in [5, 5.41) is 0.800. The molecule has 0 rings (SSSR count). The van der Waals surface area contributed by atoms with Crippen molar-refractivity contribution in [3.05, 3.63) is 11.6 Å². The monoisotopic (exact) mass is 598 g/mol. The third kappa shape index (κ3) is 29.6. The predicted molar refractivity (Wildman–Crippen MR) is 152 cm³/mol. The van der Waals surface area contributed by atoms with E-state index in [4.69, 9.17) is 47.4 Å². The van der Waals surface area contributed by atoms with Crippen molar-refractivity contribution in [3.8, 4) is 0 Å². The van der Waals surface area contributed by atoms with E-state index in [1.54, 1.807) is 0 Å². The van der Waals surface area contributed by atoms with Crippen molar-refractivity contribution in [2.24, 2.45) is 0 Å². The minimum absolute atomic E-state index is 0.800. The summed E-state index contributed by atoms with van der Waals surface area (Å²) in [6, 6.07) is 1.27. The molecule has 1 unspecified atom stereocenters. The second kappa shape index (κ2) is 27.8. The zero-order valence-corrected chi connectivity index (χ0v) is 30.6. The summed E-state index contributed by atoms with van der Waals surface area (Å²) in [6.07, 6.45) is 15.7. The van der Waals surface area contributed by atoms with E-state index in [-0.39, 0.29) is 0 Å². The zero-order chi connectivity index (χ0) is 22.8. The molecule has 0 amide bonds. The van der Waals surface area contributed by atoms with Gasteiger partial charge in [-0.2, -0.15) is 0 Å². The second-order valence-corrected chi connectivity index (χ2v) is 21.9. The molecule has 0 saturated carbocycles. The van der Waals surface area contributed by atoms with Crippen LogP contribution in [0.5, 0.6) is 0 Å². The van der Waals surface area contributed by atoms with Crippen LogP contribution < -0.4 is 0 Å². The maximum absolute atomic E-state index is 5.96. The number of hydrogen-bond donors (Lipinski definition) is 0. The van der Waals surface area contributed by atoms with Crippen LogP contribution in [0.25, 0.3) is 0 Å². The summed E-state index contributed by atoms with van der Waals surface area (Å²) in [7, 11) is -6.30. The summed E-state index contributed by atoms with van der Waals surface area (Å²) < 4.78 is 33.0. The molecule has 0 spiro atoms. The molecule has 0 saturated heterocycles. The van der Waals surface area contributed by atoms with Crippen LogP contribution in [0, 0.1) is 0 Å². The molecule has 0 heterocycles. The fourth-order valence-electron chi connectivity index (χ4n) is 2.99. The highest BCUT2D eigenvalue weighted by Crippen LogP contribution is 2.15. The molecule has 0 bridgehead atoms. The van der Waals surface area contributed by atoms with Gasteiger partial charge in [0.2, 0.25) is 9.07 Å². The van der Waals surface area contributed by atoms with Gasteiger partial charge in [-0.1, -0.05) is 82.4 Å². The van der Waals surface area contributed by atoms with Gasteiger partial charge in [0.05, 0.1) is 0 Å². The van der Waals surface area contributed by atoms with Crippen molar-refractivity contribution in [2.75, 3.05) is 0 Å². The Kier molecular flexibility index (Phi) is 29.3. The number of hydrogen-bond acceptors (Lipinski definition) is 6. The Labute approximate surface area is 215 Å². The molecule has 6 nitrogen and oxygen atoms in total. The second-order valence-electron chi connectivity index (χ2n) is 7.64. The van der Waals surface area contributed by atoms with E-state index in [0.29, 0.717) is 0 Å². The summed E-state index contributed by atoms with van der Waals surface area (Å²) in [5.74, 6) is 0. The van der Waals surface area contributed by atoms with Gasteiger partial charge in [-0.05, 0) is 25.4 Å². The van der Waals surface area contributed by atoms with Gasteiger partial charge >= 0.3 is 0 Å². The van der Waals surface area contributed by atoms with Crippen molar-refractivity contribution in [1.82, 2.24) is 0 Å². The Bertz CT molecular complexity index is 394. The fourth-order valence-corrected chi connectivity index (χ4v) is 14.9. The van der Waals surface area contributed by atoms with E-state index in [9.17, 15) is 0 Å². The Morgan fingerprint density at radius 1 is 0.677 bits per heavy atom. The standard InChI is InChI=1S/C16H44Cl2O6Si7/c1-16(17)14-12-10-8-6-4-3-5-7-9-11-13-15-31(2)24-30-23-29-22-28-21-27-20-26-19-25-18/h31H,1,3-15,25-30H2,2H3. The van der Waals surface area contributed by atoms with Gasteiger partial charge in [0, 0.05) is 5.03 Å². The predicted octanol–water partition coefficient (Wildman–Crippen LogP) is 1.10. The van der Waals surface area contributed by atoms with Gasteiger partial charge < -0.3 is 24.7 Å². The van der Waals surface area contributed by atoms with Crippen molar-refractivity contribution >= 4 is 90.8 Å². The Morgan fingerprint density at radius 2 is 1.10 bits per heavy atom. The van der Waals surface area contributed by atoms with Gasteiger partial charge in [0.15, 0.2) is 9.04 Å². The van der Waals surface area contributed by atoms with E-state index in [1.807, 2.05) is 0 Å². The maximum Gasteiger partial charge on any atom is 0.286 e. The van der Waals surface area contributed by atoms with Gasteiger partial charge in [0.1, 0.15) is 0 Å². The normalized spacial score (nSPS) is 14.7. The molecule has 0 aromatic heterocycles. The van der Waals surface area contributed by atoms with E-state index in [2.05, 4.69) is 13.1 Å². The zero-order valence-electron chi connectivity index (χ0n) is 19.4. The van der Waals surface area contributed by atoms with Crippen LogP contribution >= 0.6 is 22.7 Å². The molecule has 0 aliphatic rings. The minimum atomic E-state index is -1.03. The molecule has 0 aromatic rings. The van der Waals surface area contributed by atoms with E-state index < -0.39 is 68.1 Å². The Balaban J connectivity index is 3.15. The van der Waals surface area contributed by atoms with Crippen molar-refractivity contribution in [2.45, 2.75) is 89.6 Å². The lowest BCUT2D eigenvalue weighted by Gasteiger charge is -2.12. The van der Waals surface area contributed by atoms with Gasteiger partial charge in [0.25, 0.3) is 50.0 Å². The summed E-state index contributed by atoms with van der Waals surface area (Å²) in [4.78, 5) is 0. The topological polar surface area (TPSA) is 55.4 Å². The first kappa shape index (κ1) is 32.6. The minimum Gasteiger partial charge on any atom is -0.443 e. The van der Waals surface area contributed by atoms with E-state index in [0.717, 1.165) is 11.5 Å². The van der Waals surface area contributed by atoms with Crippen LogP contribution in [0.2, 0.25) is 12.6 Å². The molecular weight excluding hydrogens is 556 g/mol. The summed E-state index contributed by atoms with van der Waals surface area (Å²) in [5.41, 5.74) is 0. The highest BCUT2D eigenvalue weighted by atomic mass is 35.6. The number of rotatable bonds is 26. The molecule has 0 aliphatic carbocycles. The van der Waals surface area contributed by atoms with Crippen molar-refractivity contribution < 1.29 is 24.7 Å². The third-order valence-corrected chi connectivity index (χ3v) is 17.0. The molecule has 0 N–H and O–H groups in total.